The molecule has 2 aromatic rings. The Morgan fingerprint density at radius 1 is 1.19 bits per heavy atom. The molecule has 2 bridgehead atoms. The molecule has 0 radical (unpaired) electrons. The number of nitrogens with zero attached hydrogens (tertiary/aromatic N) is 3. The van der Waals surface area contributed by atoms with Crippen LogP contribution in [-0.4, -0.2) is 52.4 Å². The molecule has 0 aliphatic carbocycles. The van der Waals surface area contributed by atoms with Crippen LogP contribution in [0.3, 0.4) is 0 Å². The smallest absolute Gasteiger partial charge is 0.269 e. The van der Waals surface area contributed by atoms with Gasteiger partial charge < -0.3 is 10.5 Å². The van der Waals surface area contributed by atoms with Gasteiger partial charge in [0.2, 0.25) is 0 Å². The molecule has 2 N–H and O–H groups in total. The summed E-state index contributed by atoms with van der Waals surface area (Å²) in [7, 11) is 0. The summed E-state index contributed by atoms with van der Waals surface area (Å²) in [6.07, 6.45) is 5.80. The number of hydrogen-bond donors (Lipinski definition) is 1. The molecule has 26 heavy (non-hydrogen) atoms. The Hall–Kier alpha value is -1.92. The predicted molar refractivity (Wildman–Crippen MR) is 101 cm³/mol. The second kappa shape index (κ2) is 7.37. The summed E-state index contributed by atoms with van der Waals surface area (Å²) in [6.45, 7) is 4.99. The molecule has 6 nitrogen and oxygen atoms in total. The first-order valence-corrected chi connectivity index (χ1v) is 9.79. The van der Waals surface area contributed by atoms with Crippen LogP contribution in [0.1, 0.15) is 55.6 Å². The van der Waals surface area contributed by atoms with E-state index in [2.05, 4.69) is 16.9 Å². The van der Waals surface area contributed by atoms with Gasteiger partial charge >= 0.3 is 0 Å². The van der Waals surface area contributed by atoms with Gasteiger partial charge in [0.15, 0.2) is 5.69 Å². The molecule has 0 spiro atoms. The maximum Gasteiger partial charge on any atom is 0.269 e. The van der Waals surface area contributed by atoms with Gasteiger partial charge in [-0.05, 0) is 31.9 Å². The topological polar surface area (TPSA) is 73.4 Å². The average molecular weight is 356 g/mol. The zero-order valence-electron chi connectivity index (χ0n) is 15.4. The van der Waals surface area contributed by atoms with E-state index in [0.717, 1.165) is 43.5 Å². The first-order chi connectivity index (χ1) is 12.7. The summed E-state index contributed by atoms with van der Waals surface area (Å²) in [5.41, 5.74) is 6.95. The number of rotatable bonds is 6. The highest BCUT2D eigenvalue weighted by atomic mass is 16.5. The minimum absolute atomic E-state index is 0.286. The fraction of sp³-hybridized carbons (Fsp3) is 0.600. The third-order valence-electron chi connectivity index (χ3n) is 5.86. The molecule has 2 saturated heterocycles. The highest BCUT2D eigenvalue weighted by Gasteiger charge is 2.40. The van der Waals surface area contributed by atoms with Crippen molar-refractivity contribution in [2.75, 3.05) is 19.8 Å². The van der Waals surface area contributed by atoms with Crippen LogP contribution in [0, 0.1) is 0 Å². The lowest BCUT2D eigenvalue weighted by Gasteiger charge is -2.48. The van der Waals surface area contributed by atoms with E-state index in [1.807, 2.05) is 28.9 Å². The van der Waals surface area contributed by atoms with Gasteiger partial charge in [-0.1, -0.05) is 38.0 Å². The number of primary amides is 1. The van der Waals surface area contributed by atoms with E-state index in [1.54, 1.807) is 0 Å². The van der Waals surface area contributed by atoms with Crippen molar-refractivity contribution in [3.05, 3.63) is 30.0 Å². The molecule has 3 heterocycles. The Morgan fingerprint density at radius 2 is 1.92 bits per heavy atom. The molecular weight excluding hydrogens is 328 g/mol. The van der Waals surface area contributed by atoms with Crippen molar-refractivity contribution < 1.29 is 9.53 Å². The fourth-order valence-electron chi connectivity index (χ4n) is 4.62. The van der Waals surface area contributed by atoms with E-state index in [-0.39, 0.29) is 6.04 Å². The third kappa shape index (κ3) is 3.12. The van der Waals surface area contributed by atoms with E-state index in [9.17, 15) is 4.79 Å². The predicted octanol–water partition coefficient (Wildman–Crippen LogP) is 2.73. The average Bonchev–Trinajstić information content (AvgIpc) is 3.01. The first-order valence-electron chi connectivity index (χ1n) is 9.79. The number of piperidine rings is 1. The zero-order valence-corrected chi connectivity index (χ0v) is 15.4. The normalized spacial score (nSPS) is 26.3. The van der Waals surface area contributed by atoms with Gasteiger partial charge in [0.05, 0.1) is 24.8 Å². The summed E-state index contributed by atoms with van der Waals surface area (Å²) in [4.78, 5) is 14.5. The Labute approximate surface area is 154 Å². The molecule has 0 saturated carbocycles. The van der Waals surface area contributed by atoms with E-state index < -0.39 is 5.91 Å². The lowest BCUT2D eigenvalue weighted by molar-refractivity contribution is -0.0862. The van der Waals surface area contributed by atoms with Gasteiger partial charge in [0.25, 0.3) is 5.91 Å². The zero-order chi connectivity index (χ0) is 18.1. The van der Waals surface area contributed by atoms with E-state index in [4.69, 9.17) is 10.5 Å². The van der Waals surface area contributed by atoms with Gasteiger partial charge in [-0.3, -0.25) is 14.4 Å². The summed E-state index contributed by atoms with van der Waals surface area (Å²) in [5, 5.41) is 5.48. The van der Waals surface area contributed by atoms with Crippen molar-refractivity contribution in [2.24, 2.45) is 5.73 Å². The van der Waals surface area contributed by atoms with Crippen LogP contribution >= 0.6 is 0 Å². The Kier molecular flexibility index (Phi) is 4.96. The van der Waals surface area contributed by atoms with Crippen molar-refractivity contribution in [1.82, 2.24) is 14.7 Å². The molecule has 1 amide bonds. The molecule has 2 aliphatic heterocycles. The molecule has 2 unspecified atom stereocenters. The molecule has 4 rings (SSSR count). The standard InChI is InChI=1S/C20H28N4O2/c1-2-3-6-9-23-15-10-14(11-16(23)13-26-12-15)24-18-8-5-4-7-17(18)19(22-24)20(21)25/h4-5,7-8,14-16H,2-3,6,9-13H2,1H3,(H2,21,25). The highest BCUT2D eigenvalue weighted by molar-refractivity contribution is 6.04. The van der Waals surface area contributed by atoms with Crippen molar-refractivity contribution in [1.29, 1.82) is 0 Å². The number of fused-ring (bicyclic) bond motifs is 3. The van der Waals surface area contributed by atoms with Gasteiger partial charge in [-0.15, -0.1) is 0 Å². The minimum Gasteiger partial charge on any atom is -0.378 e. The SMILES string of the molecule is CCCCCN1C2COCC1CC(n1nc(C(N)=O)c3ccccc31)C2. The second-order valence-electron chi connectivity index (χ2n) is 7.59. The molecule has 1 aromatic carbocycles. The number of carbonyl (C=O) groups excluding carboxylic acids is 1. The van der Waals surface area contributed by atoms with Crippen molar-refractivity contribution in [2.45, 2.75) is 57.2 Å². The molecule has 140 valence electrons. The van der Waals surface area contributed by atoms with Gasteiger partial charge in [0, 0.05) is 17.5 Å². The summed E-state index contributed by atoms with van der Waals surface area (Å²) >= 11 is 0. The number of morpholine rings is 1. The number of hydrogen-bond acceptors (Lipinski definition) is 4. The fourth-order valence-corrected chi connectivity index (χ4v) is 4.62. The van der Waals surface area contributed by atoms with E-state index in [1.165, 1.54) is 19.3 Å². The van der Waals surface area contributed by atoms with E-state index in [0.29, 0.717) is 17.8 Å². The maximum absolute atomic E-state index is 11.8. The van der Waals surface area contributed by atoms with Gasteiger partial charge in [0.1, 0.15) is 0 Å². The summed E-state index contributed by atoms with van der Waals surface area (Å²) < 4.78 is 7.89. The second-order valence-corrected chi connectivity index (χ2v) is 7.59. The molecule has 2 aliphatic rings. The van der Waals surface area contributed by atoms with Gasteiger partial charge in [-0.2, -0.15) is 5.10 Å². The lowest BCUT2D eigenvalue weighted by Crippen LogP contribution is -2.57. The number of aromatic nitrogens is 2. The third-order valence-corrected chi connectivity index (χ3v) is 5.86. The maximum atomic E-state index is 11.8. The van der Waals surface area contributed by atoms with Crippen LogP contribution in [0.15, 0.2) is 24.3 Å². The number of amides is 1. The number of carbonyl (C=O) groups is 1. The Balaban J connectivity index is 1.60. The monoisotopic (exact) mass is 356 g/mol. The van der Waals surface area contributed by atoms with Crippen molar-refractivity contribution >= 4 is 16.8 Å². The molecule has 2 fully saturated rings. The van der Waals surface area contributed by atoms with E-state index >= 15 is 0 Å². The molecule has 6 heteroatoms. The van der Waals surface area contributed by atoms with Crippen molar-refractivity contribution in [3.8, 4) is 0 Å². The number of ether oxygens (including phenoxy) is 1. The van der Waals surface area contributed by atoms with Crippen LogP contribution in [-0.2, 0) is 4.74 Å². The number of para-hydroxylation sites is 1. The number of unbranched alkanes of at least 4 members (excludes halogenated alkanes) is 2. The van der Waals surface area contributed by atoms with Crippen LogP contribution in [0.4, 0.5) is 0 Å². The molecule has 1 aromatic heterocycles. The van der Waals surface area contributed by atoms with Crippen LogP contribution in [0.2, 0.25) is 0 Å². The van der Waals surface area contributed by atoms with Crippen molar-refractivity contribution in [3.63, 3.8) is 0 Å². The molecular formula is C20H28N4O2. The minimum atomic E-state index is -0.458. The van der Waals surface area contributed by atoms with Crippen LogP contribution in [0.5, 0.6) is 0 Å². The van der Waals surface area contributed by atoms with Gasteiger partial charge in [-0.25, -0.2) is 0 Å². The quantitative estimate of drug-likeness (QED) is 0.808. The number of nitrogens with two attached hydrogens (primary N) is 1. The number of benzene rings is 1. The largest absolute Gasteiger partial charge is 0.378 e. The first kappa shape index (κ1) is 17.5. The summed E-state index contributed by atoms with van der Waals surface area (Å²) in [5.74, 6) is -0.458. The lowest BCUT2D eigenvalue weighted by atomic mass is 9.89. The highest BCUT2D eigenvalue weighted by Crippen LogP contribution is 2.36. The Bertz CT molecular complexity index is 773. The molecule has 2 atom stereocenters. The van der Waals surface area contributed by atoms with Crippen LogP contribution in [0.25, 0.3) is 10.9 Å². The Morgan fingerprint density at radius 3 is 2.62 bits per heavy atom. The summed E-state index contributed by atoms with van der Waals surface area (Å²) in [6, 6.07) is 9.05. The van der Waals surface area contributed by atoms with Crippen LogP contribution < -0.4 is 5.73 Å².